The predicted octanol–water partition coefficient (Wildman–Crippen LogP) is 2.13. The zero-order chi connectivity index (χ0) is 13.0. The van der Waals surface area contributed by atoms with Gasteiger partial charge in [-0.1, -0.05) is 24.4 Å². The van der Waals surface area contributed by atoms with E-state index in [9.17, 15) is 4.79 Å². The molecule has 1 atom stereocenters. The third-order valence-corrected chi connectivity index (χ3v) is 2.92. The molecular formula is C12H17N3OS. The third-order valence-electron chi connectivity index (χ3n) is 2.58. The number of nitrogens with two attached hydrogens (primary N) is 1. The second-order valence-electron chi connectivity index (χ2n) is 3.99. The molecule has 1 rings (SSSR count). The van der Waals surface area contributed by atoms with Crippen molar-refractivity contribution in [3.8, 4) is 0 Å². The van der Waals surface area contributed by atoms with Crippen LogP contribution in [0.1, 0.15) is 12.5 Å². The van der Waals surface area contributed by atoms with E-state index in [0.29, 0.717) is 4.99 Å². The van der Waals surface area contributed by atoms with E-state index in [0.717, 1.165) is 11.3 Å². The number of likely N-dealkylation sites (N-methyl/N-ethyl adjacent to an activating group) is 1. The molecule has 0 spiro atoms. The molecule has 0 saturated heterocycles. The van der Waals surface area contributed by atoms with Gasteiger partial charge in [0.1, 0.15) is 0 Å². The first-order valence-electron chi connectivity index (χ1n) is 5.31. The first kappa shape index (κ1) is 13.4. The highest BCUT2D eigenvalue weighted by molar-refractivity contribution is 7.80. The summed E-state index contributed by atoms with van der Waals surface area (Å²) in [6.45, 7) is 3.76. The van der Waals surface area contributed by atoms with Gasteiger partial charge in [0.05, 0.1) is 11.0 Å². The molecule has 4 nitrogen and oxygen atoms in total. The Morgan fingerprint density at radius 1 is 1.53 bits per heavy atom. The monoisotopic (exact) mass is 251 g/mol. The largest absolute Gasteiger partial charge is 0.392 e. The minimum absolute atomic E-state index is 0.226. The summed E-state index contributed by atoms with van der Waals surface area (Å²) in [5.41, 5.74) is 7.35. The number of carbonyl (C=O) groups excluding carboxylic acids is 1. The molecule has 0 bridgehead atoms. The van der Waals surface area contributed by atoms with Crippen molar-refractivity contribution in [3.63, 3.8) is 0 Å². The number of anilines is 1. The summed E-state index contributed by atoms with van der Waals surface area (Å²) < 4.78 is 0. The molecule has 0 fully saturated rings. The molecule has 0 heterocycles. The fourth-order valence-electron chi connectivity index (χ4n) is 1.30. The normalized spacial score (nSPS) is 11.7. The van der Waals surface area contributed by atoms with Crippen LogP contribution >= 0.6 is 12.2 Å². The molecule has 0 aliphatic rings. The van der Waals surface area contributed by atoms with Crippen LogP contribution in [-0.2, 0) is 0 Å². The Bertz CT molecular complexity index is 434. The maximum absolute atomic E-state index is 11.9. The second-order valence-corrected chi connectivity index (χ2v) is 4.46. The number of carbonyl (C=O) groups is 1. The van der Waals surface area contributed by atoms with Crippen molar-refractivity contribution in [2.45, 2.75) is 19.9 Å². The standard InChI is InChI=1S/C12H17N3OS/c1-8-5-4-6-10(7-8)14-12(16)15(3)9(2)11(13)17/h4-7,9H,1-3H3,(H2,13,17)(H,14,16). The molecular weight excluding hydrogens is 234 g/mol. The summed E-state index contributed by atoms with van der Waals surface area (Å²) in [6, 6.07) is 7.10. The topological polar surface area (TPSA) is 58.4 Å². The van der Waals surface area contributed by atoms with Gasteiger partial charge in [0.15, 0.2) is 0 Å². The van der Waals surface area contributed by atoms with Crippen molar-refractivity contribution in [3.05, 3.63) is 29.8 Å². The SMILES string of the molecule is Cc1cccc(NC(=O)N(C)C(C)C(N)=S)c1. The van der Waals surface area contributed by atoms with Crippen molar-refractivity contribution in [1.82, 2.24) is 4.90 Å². The first-order chi connectivity index (χ1) is 7.91. The van der Waals surface area contributed by atoms with Crippen LogP contribution in [0.2, 0.25) is 0 Å². The van der Waals surface area contributed by atoms with Crippen LogP contribution in [0, 0.1) is 6.92 Å². The maximum atomic E-state index is 11.9. The van der Waals surface area contributed by atoms with E-state index >= 15 is 0 Å². The molecule has 1 unspecified atom stereocenters. The Morgan fingerprint density at radius 2 is 2.18 bits per heavy atom. The Morgan fingerprint density at radius 3 is 2.71 bits per heavy atom. The summed E-state index contributed by atoms with van der Waals surface area (Å²) in [5.74, 6) is 0. The van der Waals surface area contributed by atoms with E-state index in [1.807, 2.05) is 31.2 Å². The number of hydrogen-bond donors (Lipinski definition) is 2. The average molecular weight is 251 g/mol. The number of nitrogens with zero attached hydrogens (tertiary/aromatic N) is 1. The summed E-state index contributed by atoms with van der Waals surface area (Å²) in [5, 5.41) is 2.79. The van der Waals surface area contributed by atoms with Gasteiger partial charge < -0.3 is 16.0 Å². The van der Waals surface area contributed by atoms with Crippen molar-refractivity contribution in [1.29, 1.82) is 0 Å². The van der Waals surface area contributed by atoms with E-state index in [1.165, 1.54) is 4.90 Å². The van der Waals surface area contributed by atoms with E-state index < -0.39 is 0 Å². The zero-order valence-corrected chi connectivity index (χ0v) is 11.0. The molecule has 0 radical (unpaired) electrons. The number of rotatable bonds is 3. The minimum atomic E-state index is -0.269. The molecule has 1 aromatic carbocycles. The lowest BCUT2D eigenvalue weighted by Crippen LogP contribution is -2.44. The fraction of sp³-hybridized carbons (Fsp3) is 0.333. The number of urea groups is 1. The first-order valence-corrected chi connectivity index (χ1v) is 5.72. The third kappa shape index (κ3) is 3.71. The number of nitrogens with one attached hydrogen (secondary N) is 1. The molecule has 3 N–H and O–H groups in total. The molecule has 92 valence electrons. The Hall–Kier alpha value is -1.62. The Kier molecular flexibility index (Phi) is 4.45. The van der Waals surface area contributed by atoms with Gasteiger partial charge in [-0.2, -0.15) is 0 Å². The number of benzene rings is 1. The zero-order valence-electron chi connectivity index (χ0n) is 10.2. The van der Waals surface area contributed by atoms with Crippen LogP contribution in [0.15, 0.2) is 24.3 Å². The van der Waals surface area contributed by atoms with Gasteiger partial charge in [0.2, 0.25) is 0 Å². The smallest absolute Gasteiger partial charge is 0.322 e. The molecule has 0 saturated carbocycles. The van der Waals surface area contributed by atoms with Crippen molar-refractivity contribution in [2.75, 3.05) is 12.4 Å². The van der Waals surface area contributed by atoms with Crippen LogP contribution in [0.3, 0.4) is 0 Å². The van der Waals surface area contributed by atoms with Gasteiger partial charge in [-0.25, -0.2) is 4.79 Å². The maximum Gasteiger partial charge on any atom is 0.322 e. The van der Waals surface area contributed by atoms with Crippen LogP contribution in [0.5, 0.6) is 0 Å². The van der Waals surface area contributed by atoms with E-state index in [-0.39, 0.29) is 12.1 Å². The second kappa shape index (κ2) is 5.63. The van der Waals surface area contributed by atoms with Gasteiger partial charge in [0, 0.05) is 12.7 Å². The van der Waals surface area contributed by atoms with Crippen LogP contribution in [0.25, 0.3) is 0 Å². The number of amides is 2. The molecule has 0 aromatic heterocycles. The predicted molar refractivity (Wildman–Crippen MR) is 74.2 cm³/mol. The lowest BCUT2D eigenvalue weighted by molar-refractivity contribution is 0.218. The molecule has 0 aliphatic carbocycles. The molecule has 1 aromatic rings. The van der Waals surface area contributed by atoms with Gasteiger partial charge in [-0.15, -0.1) is 0 Å². The molecule has 5 heteroatoms. The highest BCUT2D eigenvalue weighted by Gasteiger charge is 2.17. The Labute approximate surface area is 107 Å². The average Bonchev–Trinajstić information content (AvgIpc) is 2.26. The molecule has 17 heavy (non-hydrogen) atoms. The quantitative estimate of drug-likeness (QED) is 0.809. The number of thiocarbonyl (C=S) groups is 1. The lowest BCUT2D eigenvalue weighted by Gasteiger charge is -2.24. The van der Waals surface area contributed by atoms with E-state index in [4.69, 9.17) is 18.0 Å². The van der Waals surface area contributed by atoms with E-state index in [2.05, 4.69) is 5.32 Å². The van der Waals surface area contributed by atoms with Crippen molar-refractivity contribution >= 4 is 28.9 Å². The highest BCUT2D eigenvalue weighted by atomic mass is 32.1. The summed E-state index contributed by atoms with van der Waals surface area (Å²) >= 11 is 4.86. The van der Waals surface area contributed by atoms with Gasteiger partial charge in [0.25, 0.3) is 0 Å². The van der Waals surface area contributed by atoms with Crippen LogP contribution in [0.4, 0.5) is 10.5 Å². The Balaban J connectivity index is 2.69. The number of hydrogen-bond acceptors (Lipinski definition) is 2. The van der Waals surface area contributed by atoms with Gasteiger partial charge >= 0.3 is 6.03 Å². The molecule has 2 amide bonds. The summed E-state index contributed by atoms with van der Waals surface area (Å²) in [4.78, 5) is 13.6. The fourth-order valence-corrected chi connectivity index (χ4v) is 1.46. The van der Waals surface area contributed by atoms with Crippen LogP contribution < -0.4 is 11.1 Å². The molecule has 0 aliphatic heterocycles. The van der Waals surface area contributed by atoms with Gasteiger partial charge in [-0.3, -0.25) is 0 Å². The van der Waals surface area contributed by atoms with Crippen LogP contribution in [-0.4, -0.2) is 29.0 Å². The number of aryl methyl sites for hydroxylation is 1. The minimum Gasteiger partial charge on any atom is -0.392 e. The summed E-state index contributed by atoms with van der Waals surface area (Å²) in [7, 11) is 1.66. The highest BCUT2D eigenvalue weighted by Crippen LogP contribution is 2.10. The van der Waals surface area contributed by atoms with Crippen molar-refractivity contribution < 1.29 is 4.79 Å². The van der Waals surface area contributed by atoms with E-state index in [1.54, 1.807) is 14.0 Å². The van der Waals surface area contributed by atoms with Gasteiger partial charge in [-0.05, 0) is 31.5 Å². The lowest BCUT2D eigenvalue weighted by atomic mass is 10.2. The summed E-state index contributed by atoms with van der Waals surface area (Å²) in [6.07, 6.45) is 0. The van der Waals surface area contributed by atoms with Crippen molar-refractivity contribution in [2.24, 2.45) is 5.73 Å².